The van der Waals surface area contributed by atoms with Gasteiger partial charge in [0, 0.05) is 17.2 Å². The first-order chi connectivity index (χ1) is 20.2. The molecule has 0 amide bonds. The summed E-state index contributed by atoms with van der Waals surface area (Å²) in [5.41, 5.74) is 1.09. The molecule has 0 unspecified atom stereocenters. The van der Waals surface area contributed by atoms with E-state index in [4.69, 9.17) is 0 Å². The Morgan fingerprint density at radius 3 is 1.71 bits per heavy atom. The van der Waals surface area contributed by atoms with Gasteiger partial charge in [-0.2, -0.15) is 0 Å². The largest absolute Gasteiger partial charge is 0.507 e. The number of benzene rings is 4. The average molecular weight is 561 g/mol. The fraction of sp³-hybridized carbons (Fsp3) is 0.0571. The number of phenolic OH excluding ortho intramolecular Hbond substituents is 5. The summed E-state index contributed by atoms with van der Waals surface area (Å²) in [6, 6.07) is 21.1. The zero-order valence-electron chi connectivity index (χ0n) is 22.5. The van der Waals surface area contributed by atoms with Gasteiger partial charge in [-0.3, -0.25) is 4.79 Å². The Morgan fingerprint density at radius 2 is 1.17 bits per heavy atom. The molecule has 0 aromatic heterocycles. The van der Waals surface area contributed by atoms with E-state index in [9.17, 15) is 35.4 Å². The number of aliphatic hydroxyl groups excluding tert-OH is 1. The minimum Gasteiger partial charge on any atom is -0.507 e. The molecule has 0 heterocycles. The summed E-state index contributed by atoms with van der Waals surface area (Å²) in [5.74, 6) is -3.92. The topological polar surface area (TPSA) is 138 Å². The molecule has 1 aliphatic rings. The fourth-order valence-corrected chi connectivity index (χ4v) is 4.97. The second-order valence-electron chi connectivity index (χ2n) is 9.84. The van der Waals surface area contributed by atoms with Crippen LogP contribution >= 0.6 is 0 Å². The third kappa shape index (κ3) is 5.11. The van der Waals surface area contributed by atoms with Crippen LogP contribution in [0.1, 0.15) is 27.8 Å². The van der Waals surface area contributed by atoms with E-state index in [-0.39, 0.29) is 34.8 Å². The number of ketones is 1. The summed E-state index contributed by atoms with van der Waals surface area (Å²) in [7, 11) is 0. The zero-order valence-corrected chi connectivity index (χ0v) is 22.5. The number of allylic oxidation sites excluding steroid dienone is 4. The highest BCUT2D eigenvalue weighted by Gasteiger charge is 2.40. The van der Waals surface area contributed by atoms with Crippen LogP contribution in [0.3, 0.4) is 0 Å². The summed E-state index contributed by atoms with van der Waals surface area (Å²) in [4.78, 5) is 13.4. The lowest BCUT2D eigenvalue weighted by atomic mass is 9.80. The van der Waals surface area contributed by atoms with E-state index >= 15 is 0 Å². The third-order valence-electron chi connectivity index (χ3n) is 7.13. The predicted octanol–water partition coefficient (Wildman–Crippen LogP) is 4.84. The van der Waals surface area contributed by atoms with Gasteiger partial charge in [0.1, 0.15) is 34.5 Å². The molecule has 7 nitrogen and oxygen atoms in total. The SMILES string of the molecule is C=c1cc(O)/c(=C2/C(=O)C(c3c(O)cc(O)c(C/C=C/c4ccccc4)c3O)=C2O)c(O)c1C/C=C/c1ccccc1. The maximum atomic E-state index is 13.4. The molecule has 5 rings (SSSR count). The summed E-state index contributed by atoms with van der Waals surface area (Å²) in [6.07, 6.45) is 7.42. The first-order valence-corrected chi connectivity index (χ1v) is 13.1. The van der Waals surface area contributed by atoms with Crippen LogP contribution in [0.2, 0.25) is 0 Å². The average Bonchev–Trinajstić information content (AvgIpc) is 2.97. The molecule has 0 saturated carbocycles. The minimum absolute atomic E-state index is 0.0381. The van der Waals surface area contributed by atoms with Crippen molar-refractivity contribution in [3.05, 3.63) is 129 Å². The molecular weight excluding hydrogens is 532 g/mol. The van der Waals surface area contributed by atoms with Crippen LogP contribution in [-0.4, -0.2) is 36.4 Å². The molecule has 4 aromatic carbocycles. The molecule has 4 aromatic rings. The number of carbonyl (C=O) groups excluding carboxylic acids is 1. The van der Waals surface area contributed by atoms with E-state index in [1.54, 1.807) is 18.2 Å². The number of Topliss-reactive ketones (excluding diaryl/α,β-unsaturated/α-hetero) is 1. The van der Waals surface area contributed by atoms with Crippen LogP contribution in [0.15, 0.2) is 90.7 Å². The Balaban J connectivity index is 1.55. The summed E-state index contributed by atoms with van der Waals surface area (Å²) >= 11 is 0. The highest BCUT2D eigenvalue weighted by molar-refractivity contribution is 6.52. The molecule has 0 fully saturated rings. The van der Waals surface area contributed by atoms with Crippen molar-refractivity contribution in [3.63, 3.8) is 0 Å². The van der Waals surface area contributed by atoms with Crippen molar-refractivity contribution >= 4 is 35.7 Å². The van der Waals surface area contributed by atoms with Crippen LogP contribution in [0.25, 0.3) is 29.9 Å². The third-order valence-corrected chi connectivity index (χ3v) is 7.13. The highest BCUT2D eigenvalue weighted by Crippen LogP contribution is 2.48. The van der Waals surface area contributed by atoms with Gasteiger partial charge in [0.2, 0.25) is 5.78 Å². The van der Waals surface area contributed by atoms with Gasteiger partial charge in [-0.15, -0.1) is 0 Å². The molecule has 0 saturated heterocycles. The van der Waals surface area contributed by atoms with Crippen molar-refractivity contribution in [2.45, 2.75) is 12.8 Å². The molecule has 0 atom stereocenters. The van der Waals surface area contributed by atoms with Crippen molar-refractivity contribution in [1.82, 2.24) is 0 Å². The molecule has 0 radical (unpaired) electrons. The molecule has 6 N–H and O–H groups in total. The van der Waals surface area contributed by atoms with Crippen LogP contribution < -0.4 is 10.4 Å². The summed E-state index contributed by atoms with van der Waals surface area (Å²) in [6.45, 7) is 3.88. The van der Waals surface area contributed by atoms with Crippen LogP contribution in [0.5, 0.6) is 28.7 Å². The molecule has 210 valence electrons. The van der Waals surface area contributed by atoms with Crippen molar-refractivity contribution in [3.8, 4) is 28.7 Å². The van der Waals surface area contributed by atoms with Crippen LogP contribution in [-0.2, 0) is 17.6 Å². The van der Waals surface area contributed by atoms with Gasteiger partial charge in [0.25, 0.3) is 0 Å². The van der Waals surface area contributed by atoms with E-state index < -0.39 is 45.9 Å². The lowest BCUT2D eigenvalue weighted by Gasteiger charge is -2.24. The van der Waals surface area contributed by atoms with E-state index in [2.05, 4.69) is 6.58 Å². The Bertz CT molecular complexity index is 1900. The smallest absolute Gasteiger partial charge is 0.202 e. The number of rotatable bonds is 7. The van der Waals surface area contributed by atoms with Gasteiger partial charge >= 0.3 is 0 Å². The number of phenols is 5. The van der Waals surface area contributed by atoms with Gasteiger partial charge < -0.3 is 30.6 Å². The van der Waals surface area contributed by atoms with E-state index in [1.165, 1.54) is 6.07 Å². The number of hydrogen-bond donors (Lipinski definition) is 6. The van der Waals surface area contributed by atoms with Gasteiger partial charge in [-0.25, -0.2) is 0 Å². The first-order valence-electron chi connectivity index (χ1n) is 13.1. The molecule has 0 spiro atoms. The normalized spacial score (nSPS) is 14.6. The highest BCUT2D eigenvalue weighted by atomic mass is 16.3. The van der Waals surface area contributed by atoms with Crippen molar-refractivity contribution < 1.29 is 35.4 Å². The number of aliphatic hydroxyl groups is 1. The Morgan fingerprint density at radius 1 is 0.619 bits per heavy atom. The fourth-order valence-electron chi connectivity index (χ4n) is 4.97. The van der Waals surface area contributed by atoms with Gasteiger partial charge in [-0.05, 0) is 35.3 Å². The lowest BCUT2D eigenvalue weighted by Crippen LogP contribution is -2.29. The quantitative estimate of drug-likeness (QED) is 0.190. The number of carbonyl (C=O) groups is 1. The van der Waals surface area contributed by atoms with Crippen LogP contribution in [0.4, 0.5) is 0 Å². The van der Waals surface area contributed by atoms with Crippen molar-refractivity contribution in [1.29, 1.82) is 0 Å². The second kappa shape index (κ2) is 11.4. The monoisotopic (exact) mass is 560 g/mol. The van der Waals surface area contributed by atoms with Crippen molar-refractivity contribution in [2.24, 2.45) is 0 Å². The summed E-state index contributed by atoms with van der Waals surface area (Å²) in [5, 5.41) is 64.7. The lowest BCUT2D eigenvalue weighted by molar-refractivity contribution is -0.110. The maximum absolute atomic E-state index is 13.4. The summed E-state index contributed by atoms with van der Waals surface area (Å²) < 4.78 is 0. The zero-order chi connectivity index (χ0) is 30.0. The minimum atomic E-state index is -0.817. The molecule has 1 aliphatic carbocycles. The molecular formula is C35H28O7. The van der Waals surface area contributed by atoms with Gasteiger partial charge in [0.05, 0.1) is 21.9 Å². The maximum Gasteiger partial charge on any atom is 0.202 e. The first kappa shape index (κ1) is 27.9. The Kier molecular flexibility index (Phi) is 7.58. The van der Waals surface area contributed by atoms with Gasteiger partial charge in [0.15, 0.2) is 0 Å². The van der Waals surface area contributed by atoms with E-state index in [0.29, 0.717) is 10.8 Å². The predicted molar refractivity (Wildman–Crippen MR) is 162 cm³/mol. The van der Waals surface area contributed by atoms with Crippen LogP contribution in [0, 0.1) is 0 Å². The molecule has 0 bridgehead atoms. The van der Waals surface area contributed by atoms with Crippen molar-refractivity contribution in [2.75, 3.05) is 0 Å². The Labute approximate surface area is 241 Å². The molecule has 0 aliphatic heterocycles. The Hall–Kier alpha value is -5.69. The second-order valence-corrected chi connectivity index (χ2v) is 9.84. The number of aromatic hydroxyl groups is 5. The van der Waals surface area contributed by atoms with E-state index in [1.807, 2.05) is 66.7 Å². The molecule has 42 heavy (non-hydrogen) atoms. The van der Waals surface area contributed by atoms with E-state index in [0.717, 1.165) is 17.2 Å². The number of hydrogen-bond acceptors (Lipinski definition) is 7. The van der Waals surface area contributed by atoms with Gasteiger partial charge in [-0.1, -0.05) is 91.5 Å². The standard InChI is InChI=1S/C35H28O7/c1-20-18-26(37)28(32(39)23(20)16-8-14-21-10-4-2-5-11-21)30-34(41)31(35(30)42)29-27(38)19-25(36)24(33(29)40)17-9-15-22-12-6-3-7-13-22/h2-15,18-19,36-41H,1,16-17H2/b14-8+,15-9+,30-28-. The molecule has 7 heteroatoms.